The Morgan fingerprint density at radius 2 is 2.42 bits per heavy atom. The average molecular weight is 164 g/mol. The molecule has 12 heavy (non-hydrogen) atoms. The first-order chi connectivity index (χ1) is 5.63. The largest absolute Gasteiger partial charge is 0.385 e. The quantitative estimate of drug-likeness (QED) is 0.593. The van der Waals surface area contributed by atoms with E-state index in [1.54, 1.807) is 6.08 Å². The summed E-state index contributed by atoms with van der Waals surface area (Å²) in [6.07, 6.45) is 3.96. The lowest BCUT2D eigenvalue weighted by Gasteiger charge is -1.94. The van der Waals surface area contributed by atoms with Crippen LogP contribution in [0.2, 0.25) is 0 Å². The first-order valence-corrected chi connectivity index (χ1v) is 3.72. The molecule has 3 nitrogen and oxygen atoms in total. The number of hydrogen-bond donors (Lipinski definition) is 2. The van der Waals surface area contributed by atoms with Crippen molar-refractivity contribution in [2.24, 2.45) is 5.73 Å². The fourth-order valence-electron chi connectivity index (χ4n) is 1.01. The maximum Gasteiger partial charge on any atom is 0.230 e. The van der Waals surface area contributed by atoms with E-state index in [4.69, 9.17) is 5.73 Å². The topological polar surface area (TPSA) is 55.1 Å². The van der Waals surface area contributed by atoms with Crippen molar-refractivity contribution in [1.82, 2.24) is 5.32 Å². The van der Waals surface area contributed by atoms with Gasteiger partial charge in [0.05, 0.1) is 6.42 Å². The number of nitrogens with one attached hydrogen (secondary N) is 1. The highest BCUT2D eigenvalue weighted by Crippen LogP contribution is 2.14. The molecule has 0 atom stereocenters. The van der Waals surface area contributed by atoms with Gasteiger partial charge < -0.3 is 11.1 Å². The van der Waals surface area contributed by atoms with Crippen molar-refractivity contribution >= 4 is 5.91 Å². The third kappa shape index (κ3) is 1.75. The van der Waals surface area contributed by atoms with Crippen LogP contribution >= 0.6 is 0 Å². The van der Waals surface area contributed by atoms with Gasteiger partial charge in [-0.2, -0.15) is 0 Å². The van der Waals surface area contributed by atoms with Gasteiger partial charge in [-0.15, -0.1) is 0 Å². The second kappa shape index (κ2) is 3.26. The molecule has 0 aliphatic carbocycles. The summed E-state index contributed by atoms with van der Waals surface area (Å²) in [6.45, 7) is 5.52. The van der Waals surface area contributed by atoms with E-state index in [0.717, 1.165) is 11.1 Å². The Hall–Kier alpha value is -1.51. The van der Waals surface area contributed by atoms with E-state index in [1.165, 1.54) is 0 Å². The zero-order valence-electron chi connectivity index (χ0n) is 7.05. The van der Waals surface area contributed by atoms with E-state index < -0.39 is 0 Å². The summed E-state index contributed by atoms with van der Waals surface area (Å²) in [7, 11) is 0. The Labute approximate surface area is 71.6 Å². The fraction of sp³-hybridized carbons (Fsp3) is 0.222. The highest BCUT2D eigenvalue weighted by Gasteiger charge is 2.16. The first-order valence-electron chi connectivity index (χ1n) is 3.72. The summed E-state index contributed by atoms with van der Waals surface area (Å²) >= 11 is 0. The smallest absolute Gasteiger partial charge is 0.230 e. The van der Waals surface area contributed by atoms with Crippen molar-refractivity contribution in [2.45, 2.75) is 13.3 Å². The second-order valence-electron chi connectivity index (χ2n) is 2.76. The zero-order chi connectivity index (χ0) is 9.14. The summed E-state index contributed by atoms with van der Waals surface area (Å²) in [5.74, 6) is 0.414. The van der Waals surface area contributed by atoms with E-state index in [9.17, 15) is 4.79 Å². The molecule has 1 rings (SSSR count). The number of hydrogen-bond acceptors (Lipinski definition) is 2. The minimum atomic E-state index is -0.0457. The van der Waals surface area contributed by atoms with Crippen LogP contribution < -0.4 is 11.1 Å². The molecule has 3 heteroatoms. The van der Waals surface area contributed by atoms with E-state index in [1.807, 2.05) is 13.0 Å². The van der Waals surface area contributed by atoms with Crippen molar-refractivity contribution in [3.05, 3.63) is 35.7 Å². The van der Waals surface area contributed by atoms with Gasteiger partial charge in [0.2, 0.25) is 5.91 Å². The van der Waals surface area contributed by atoms with Crippen molar-refractivity contribution in [1.29, 1.82) is 0 Å². The van der Waals surface area contributed by atoms with E-state index in [2.05, 4.69) is 11.9 Å². The molecule has 0 saturated heterocycles. The Balaban J connectivity index is 2.83. The molecule has 0 aromatic heterocycles. The molecule has 0 saturated carbocycles. The maximum atomic E-state index is 10.8. The SMILES string of the molecule is C=C/C(C)=C\C1=C(N)NC(=O)C1. The summed E-state index contributed by atoms with van der Waals surface area (Å²) in [4.78, 5) is 10.8. The number of nitrogens with two attached hydrogens (primary N) is 1. The summed E-state index contributed by atoms with van der Waals surface area (Å²) in [6, 6.07) is 0. The highest BCUT2D eigenvalue weighted by molar-refractivity contribution is 5.84. The van der Waals surface area contributed by atoms with Gasteiger partial charge in [0.25, 0.3) is 0 Å². The minimum absolute atomic E-state index is 0.0457. The molecule has 64 valence electrons. The van der Waals surface area contributed by atoms with Crippen molar-refractivity contribution in [3.8, 4) is 0 Å². The maximum absolute atomic E-state index is 10.8. The van der Waals surface area contributed by atoms with E-state index in [0.29, 0.717) is 12.2 Å². The van der Waals surface area contributed by atoms with Crippen LogP contribution in [0, 0.1) is 0 Å². The zero-order valence-corrected chi connectivity index (χ0v) is 7.05. The molecule has 1 aliphatic rings. The number of carbonyl (C=O) groups excluding carboxylic acids is 1. The van der Waals surface area contributed by atoms with Gasteiger partial charge in [0.1, 0.15) is 5.82 Å². The minimum Gasteiger partial charge on any atom is -0.385 e. The Morgan fingerprint density at radius 3 is 2.83 bits per heavy atom. The van der Waals surface area contributed by atoms with Crippen LogP contribution in [0.3, 0.4) is 0 Å². The first kappa shape index (κ1) is 8.59. The Kier molecular flexibility index (Phi) is 2.33. The molecule has 0 radical (unpaired) electrons. The molecule has 0 unspecified atom stereocenters. The molecular formula is C9H12N2O. The molecular weight excluding hydrogens is 152 g/mol. The third-order valence-electron chi connectivity index (χ3n) is 1.69. The van der Waals surface area contributed by atoms with Crippen LogP contribution in [-0.4, -0.2) is 5.91 Å². The van der Waals surface area contributed by atoms with Gasteiger partial charge in [-0.25, -0.2) is 0 Å². The van der Waals surface area contributed by atoms with Gasteiger partial charge in [0.15, 0.2) is 0 Å². The van der Waals surface area contributed by atoms with Crippen molar-refractivity contribution in [2.75, 3.05) is 0 Å². The van der Waals surface area contributed by atoms with E-state index >= 15 is 0 Å². The predicted molar refractivity (Wildman–Crippen MR) is 47.9 cm³/mol. The number of rotatable bonds is 2. The average Bonchev–Trinajstić information content (AvgIpc) is 2.30. The third-order valence-corrected chi connectivity index (χ3v) is 1.69. The van der Waals surface area contributed by atoms with Gasteiger partial charge in [-0.3, -0.25) is 4.79 Å². The monoisotopic (exact) mass is 164 g/mol. The van der Waals surface area contributed by atoms with Crippen molar-refractivity contribution < 1.29 is 4.79 Å². The van der Waals surface area contributed by atoms with Gasteiger partial charge in [-0.05, 0) is 6.92 Å². The Morgan fingerprint density at radius 1 is 1.75 bits per heavy atom. The fourth-order valence-corrected chi connectivity index (χ4v) is 1.01. The normalized spacial score (nSPS) is 18.1. The van der Waals surface area contributed by atoms with Crippen LogP contribution in [-0.2, 0) is 4.79 Å². The van der Waals surface area contributed by atoms with Crippen molar-refractivity contribution in [3.63, 3.8) is 0 Å². The molecule has 0 bridgehead atoms. The molecule has 0 spiro atoms. The van der Waals surface area contributed by atoms with Crippen LogP contribution in [0.1, 0.15) is 13.3 Å². The summed E-state index contributed by atoms with van der Waals surface area (Å²) in [5, 5.41) is 2.54. The van der Waals surface area contributed by atoms with Crippen LogP contribution in [0.25, 0.3) is 0 Å². The summed E-state index contributed by atoms with van der Waals surface area (Å²) < 4.78 is 0. The molecule has 0 aromatic rings. The van der Waals surface area contributed by atoms with Crippen LogP contribution in [0.15, 0.2) is 35.7 Å². The van der Waals surface area contributed by atoms with Gasteiger partial charge >= 0.3 is 0 Å². The predicted octanol–water partition coefficient (Wildman–Crippen LogP) is 0.809. The lowest BCUT2D eigenvalue weighted by molar-refractivity contribution is -0.118. The van der Waals surface area contributed by atoms with Gasteiger partial charge in [0, 0.05) is 5.57 Å². The highest BCUT2D eigenvalue weighted by atomic mass is 16.1. The summed E-state index contributed by atoms with van der Waals surface area (Å²) in [5.41, 5.74) is 7.39. The number of amides is 1. The molecule has 1 aliphatic heterocycles. The molecule has 1 heterocycles. The second-order valence-corrected chi connectivity index (χ2v) is 2.76. The van der Waals surface area contributed by atoms with E-state index in [-0.39, 0.29) is 5.91 Å². The van der Waals surface area contributed by atoms with Gasteiger partial charge in [-0.1, -0.05) is 24.3 Å². The lowest BCUT2D eigenvalue weighted by Crippen LogP contribution is -2.19. The van der Waals surface area contributed by atoms with Crippen LogP contribution in [0.5, 0.6) is 0 Å². The van der Waals surface area contributed by atoms with Crippen LogP contribution in [0.4, 0.5) is 0 Å². The number of carbonyl (C=O) groups is 1. The Bertz CT molecular complexity index is 287. The lowest BCUT2D eigenvalue weighted by atomic mass is 10.1. The molecule has 0 aromatic carbocycles. The molecule has 0 fully saturated rings. The standard InChI is InChI=1S/C9H12N2O/c1-3-6(2)4-7-5-8(12)11-9(7)10/h3-4H,1,5,10H2,2H3,(H,11,12)/b6-4-. The molecule has 1 amide bonds. The molecule has 3 N–H and O–H groups in total. The number of allylic oxidation sites excluding steroid dienone is 3.